The fraction of sp³-hybridized carbons (Fsp3) is 0.600. The minimum atomic E-state index is -4.75. The lowest BCUT2D eigenvalue weighted by molar-refractivity contribution is -0.736. The molecule has 1 atom stereocenters. The Balaban J connectivity index is 2.04. The second kappa shape index (κ2) is 6.34. The molecule has 25 heavy (non-hydrogen) atoms. The van der Waals surface area contributed by atoms with E-state index in [0.29, 0.717) is 32.0 Å². The van der Waals surface area contributed by atoms with Crippen LogP contribution in [0.3, 0.4) is 0 Å². The lowest BCUT2D eigenvalue weighted by atomic mass is 9.97. The van der Waals surface area contributed by atoms with Crippen molar-refractivity contribution in [2.75, 3.05) is 44.9 Å². The van der Waals surface area contributed by atoms with E-state index >= 15 is 0 Å². The Bertz CT molecular complexity index is 676. The molecule has 0 saturated carbocycles. The van der Waals surface area contributed by atoms with E-state index in [-0.39, 0.29) is 21.9 Å². The highest BCUT2D eigenvalue weighted by atomic mass is 19.4. The van der Waals surface area contributed by atoms with Gasteiger partial charge >= 0.3 is 11.9 Å². The van der Waals surface area contributed by atoms with Gasteiger partial charge in [-0.1, -0.05) is 0 Å². The molecule has 2 aliphatic heterocycles. The number of hydrogen-bond donors (Lipinski definition) is 1. The Labute approximate surface area is 141 Å². The van der Waals surface area contributed by atoms with Gasteiger partial charge in [0.15, 0.2) is 7.11 Å². The zero-order chi connectivity index (χ0) is 18.2. The van der Waals surface area contributed by atoms with Gasteiger partial charge in [0.2, 0.25) is 5.60 Å². The highest BCUT2D eigenvalue weighted by Gasteiger charge is 2.60. The van der Waals surface area contributed by atoms with Gasteiger partial charge < -0.3 is 19.5 Å². The highest BCUT2D eigenvalue weighted by molar-refractivity contribution is 5.69. The predicted octanol–water partition coefficient (Wildman–Crippen LogP) is 1.72. The molecule has 10 heteroatoms. The van der Waals surface area contributed by atoms with Crippen LogP contribution in [-0.2, 0) is 16.0 Å². The minimum absolute atomic E-state index is 0.00104. The van der Waals surface area contributed by atoms with Crippen LogP contribution in [0.15, 0.2) is 12.1 Å². The topological polar surface area (TPSA) is 71.2 Å². The highest BCUT2D eigenvalue weighted by Crippen LogP contribution is 2.48. The molecule has 1 fully saturated rings. The molecule has 138 valence electrons. The van der Waals surface area contributed by atoms with Crippen LogP contribution >= 0.6 is 0 Å². The molecule has 7 nitrogen and oxygen atoms in total. The maximum absolute atomic E-state index is 13.4. The number of aliphatic hydroxyl groups is 1. The van der Waals surface area contributed by atoms with Crippen LogP contribution in [0.2, 0.25) is 0 Å². The summed E-state index contributed by atoms with van der Waals surface area (Å²) >= 11 is 0. The van der Waals surface area contributed by atoms with Crippen LogP contribution in [0.25, 0.3) is 0 Å². The normalized spacial score (nSPS) is 23.2. The molecule has 0 bridgehead atoms. The van der Waals surface area contributed by atoms with Crippen molar-refractivity contribution in [2.45, 2.75) is 18.2 Å². The van der Waals surface area contributed by atoms with Crippen LogP contribution in [0.1, 0.15) is 5.56 Å². The van der Waals surface area contributed by atoms with Gasteiger partial charge in [0.25, 0.3) is 4.92 Å². The monoisotopic (exact) mass is 363 g/mol. The van der Waals surface area contributed by atoms with Gasteiger partial charge in [0, 0.05) is 37.2 Å². The first-order chi connectivity index (χ1) is 11.8. The third kappa shape index (κ3) is 2.99. The third-order valence-electron chi connectivity index (χ3n) is 4.43. The van der Waals surface area contributed by atoms with Gasteiger partial charge in [0.1, 0.15) is 11.4 Å². The van der Waals surface area contributed by atoms with Gasteiger partial charge in [0.05, 0.1) is 24.7 Å². The van der Waals surface area contributed by atoms with E-state index in [2.05, 4.69) is 4.84 Å². The Hall–Kier alpha value is -2.07. The first-order valence-electron chi connectivity index (χ1n) is 7.69. The first kappa shape index (κ1) is 17.7. The molecule has 0 radical (unpaired) electrons. The smallest absolute Gasteiger partial charge is 0.430 e. The molecule has 1 aromatic rings. The number of fused-ring (bicyclic) bond motifs is 1. The lowest BCUT2D eigenvalue weighted by Gasteiger charge is -2.29. The molecule has 1 saturated heterocycles. The summed E-state index contributed by atoms with van der Waals surface area (Å²) in [4.78, 5) is 18.8. The van der Waals surface area contributed by atoms with Gasteiger partial charge in [-0.25, -0.2) is 4.84 Å². The van der Waals surface area contributed by atoms with Gasteiger partial charge in [-0.15, -0.1) is 0 Å². The molecule has 0 amide bonds. The van der Waals surface area contributed by atoms with Crippen LogP contribution in [0.4, 0.5) is 24.5 Å². The largest absolute Gasteiger partial charge is 0.475 e. The zero-order valence-corrected chi connectivity index (χ0v) is 13.5. The summed E-state index contributed by atoms with van der Waals surface area (Å²) in [5.41, 5.74) is -2.02. The summed E-state index contributed by atoms with van der Waals surface area (Å²) in [7, 11) is 1.17. The molecule has 1 aromatic carbocycles. The van der Waals surface area contributed by atoms with Gasteiger partial charge in [-0.05, 0) is 0 Å². The van der Waals surface area contributed by atoms with E-state index in [9.17, 15) is 23.2 Å². The molecule has 0 aliphatic carbocycles. The van der Waals surface area contributed by atoms with E-state index in [1.54, 1.807) is 0 Å². The Morgan fingerprint density at radius 2 is 2.04 bits per heavy atom. The van der Waals surface area contributed by atoms with Gasteiger partial charge in [-0.3, -0.25) is 0 Å². The SMILES string of the molecule is CO[N+](=O)c1cc2c(cc1N1CCOCC1)OC(CO)(C(F)(F)F)C2. The van der Waals surface area contributed by atoms with E-state index in [1.165, 1.54) is 19.2 Å². The minimum Gasteiger partial charge on any atom is -0.475 e. The standard InChI is InChI=1S/C15H18F3N2O5/c1-23-20(22)12-6-10-8-14(9-21,15(16,17)18)25-13(10)7-11(12)19-2-4-24-5-3-19/h6-7,21H,2-5,8-9H2,1H3/q+1. The van der Waals surface area contributed by atoms with Crippen molar-refractivity contribution in [3.05, 3.63) is 22.6 Å². The summed E-state index contributed by atoms with van der Waals surface area (Å²) in [6, 6.07) is 2.71. The molecule has 2 heterocycles. The number of aliphatic hydroxyl groups excluding tert-OH is 1. The quantitative estimate of drug-likeness (QED) is 0.822. The van der Waals surface area contributed by atoms with E-state index < -0.39 is 24.8 Å². The maximum atomic E-state index is 13.4. The number of alkyl halides is 3. The fourth-order valence-electron chi connectivity index (χ4n) is 3.03. The summed E-state index contributed by atoms with van der Waals surface area (Å²) in [5.74, 6) is 0.00104. The van der Waals surface area contributed by atoms with Crippen LogP contribution in [0, 0.1) is 4.91 Å². The van der Waals surface area contributed by atoms with E-state index in [1.807, 2.05) is 4.90 Å². The molecule has 3 rings (SSSR count). The predicted molar refractivity (Wildman–Crippen MR) is 80.0 cm³/mol. The van der Waals surface area contributed by atoms with E-state index in [4.69, 9.17) is 9.47 Å². The van der Waals surface area contributed by atoms with E-state index in [0.717, 1.165) is 0 Å². The summed E-state index contributed by atoms with van der Waals surface area (Å²) in [6.45, 7) is 0.624. The number of anilines is 1. The first-order valence-corrected chi connectivity index (χ1v) is 7.69. The van der Waals surface area contributed by atoms with Crippen molar-refractivity contribution in [1.82, 2.24) is 0 Å². The Kier molecular flexibility index (Phi) is 4.50. The van der Waals surface area contributed by atoms with Gasteiger partial charge in [-0.2, -0.15) is 13.2 Å². The zero-order valence-electron chi connectivity index (χ0n) is 13.5. The van der Waals surface area contributed by atoms with Crippen molar-refractivity contribution in [2.24, 2.45) is 0 Å². The Morgan fingerprint density at radius 1 is 1.36 bits per heavy atom. The molecule has 0 spiro atoms. The molecule has 0 aromatic heterocycles. The van der Waals surface area contributed by atoms with Crippen molar-refractivity contribution in [3.63, 3.8) is 0 Å². The second-order valence-corrected chi connectivity index (χ2v) is 5.92. The van der Waals surface area contributed by atoms with Crippen molar-refractivity contribution < 1.29 is 37.5 Å². The molecular weight excluding hydrogens is 345 g/mol. The molecular formula is C15H18F3N2O5+. The second-order valence-electron chi connectivity index (χ2n) is 5.92. The summed E-state index contributed by atoms with van der Waals surface area (Å²) in [6.07, 6.45) is -5.32. The van der Waals surface area contributed by atoms with Crippen molar-refractivity contribution in [3.8, 4) is 5.75 Å². The fourth-order valence-corrected chi connectivity index (χ4v) is 3.03. The summed E-state index contributed by atoms with van der Waals surface area (Å²) in [5, 5.41) is 9.30. The number of benzene rings is 1. The molecule has 2 aliphatic rings. The van der Waals surface area contributed by atoms with Crippen LogP contribution in [0.5, 0.6) is 5.75 Å². The number of ether oxygens (including phenoxy) is 2. The molecule has 1 N–H and O–H groups in total. The van der Waals surface area contributed by atoms with Crippen LogP contribution < -0.4 is 9.64 Å². The number of rotatable bonds is 4. The number of hydrogen-bond acceptors (Lipinski definition) is 6. The van der Waals surface area contributed by atoms with Crippen LogP contribution in [-0.4, -0.2) is 61.8 Å². The maximum Gasteiger partial charge on any atom is 0.430 e. The number of morpholine rings is 1. The van der Waals surface area contributed by atoms with Crippen molar-refractivity contribution >= 4 is 11.4 Å². The third-order valence-corrected chi connectivity index (χ3v) is 4.43. The average molecular weight is 363 g/mol. The lowest BCUT2D eigenvalue weighted by Crippen LogP contribution is -2.52. The summed E-state index contributed by atoms with van der Waals surface area (Å²) < 4.78 is 50.4. The average Bonchev–Trinajstić information content (AvgIpc) is 2.99. The van der Waals surface area contributed by atoms with Crippen molar-refractivity contribution in [1.29, 1.82) is 0 Å². The Morgan fingerprint density at radius 3 is 2.60 bits per heavy atom. The number of halogens is 3. The molecule has 1 unspecified atom stereocenters. The number of nitrogens with zero attached hydrogens (tertiary/aromatic N) is 2.